The number of aromatic nitrogens is 2. The highest BCUT2D eigenvalue weighted by Crippen LogP contribution is 2.37. The molecule has 9 heteroatoms. The summed E-state index contributed by atoms with van der Waals surface area (Å²) in [7, 11) is -3.67. The minimum absolute atomic E-state index is 0.0816. The Balaban J connectivity index is 2.01. The Hall–Kier alpha value is -3.13. The zero-order chi connectivity index (χ0) is 24.5. The summed E-state index contributed by atoms with van der Waals surface area (Å²) in [6.45, 7) is 2.21. The molecule has 0 saturated heterocycles. The van der Waals surface area contributed by atoms with Crippen LogP contribution in [0.25, 0.3) is 28.2 Å². The van der Waals surface area contributed by atoms with E-state index < -0.39 is 15.7 Å². The molecule has 4 rings (SSSR count). The Morgan fingerprint density at radius 1 is 0.971 bits per heavy atom. The largest absolute Gasteiger partial charge is 0.351 e. The van der Waals surface area contributed by atoms with Gasteiger partial charge in [-0.1, -0.05) is 65.7 Å². The molecule has 1 amide bonds. The van der Waals surface area contributed by atoms with Crippen LogP contribution in [0.5, 0.6) is 0 Å². The number of amides is 1. The third kappa shape index (κ3) is 4.73. The number of carbonyl (C=O) groups is 1. The molecule has 0 radical (unpaired) electrons. The van der Waals surface area contributed by atoms with Gasteiger partial charge in [-0.25, -0.2) is 13.4 Å². The van der Waals surface area contributed by atoms with Gasteiger partial charge in [-0.15, -0.1) is 0 Å². The summed E-state index contributed by atoms with van der Waals surface area (Å²) in [6, 6.07) is 19.6. The molecule has 0 aliphatic heterocycles. The van der Waals surface area contributed by atoms with Crippen molar-refractivity contribution >= 4 is 38.9 Å². The molecule has 174 valence electrons. The molecule has 1 heterocycles. The second-order valence-corrected chi connectivity index (χ2v) is 10.4. The van der Waals surface area contributed by atoms with Gasteiger partial charge in [0.25, 0.3) is 5.91 Å². The summed E-state index contributed by atoms with van der Waals surface area (Å²) in [4.78, 5) is 17.2. The molecule has 1 N–H and O–H groups in total. The van der Waals surface area contributed by atoms with Crippen molar-refractivity contribution in [3.63, 3.8) is 0 Å². The van der Waals surface area contributed by atoms with Crippen LogP contribution in [0.15, 0.2) is 77.8 Å². The van der Waals surface area contributed by atoms with Crippen LogP contribution in [0, 0.1) is 0 Å². The number of nitrogens with zero attached hydrogens (tertiary/aromatic N) is 2. The lowest BCUT2D eigenvalue weighted by atomic mass is 10.1. The fourth-order valence-electron chi connectivity index (χ4n) is 3.63. The number of rotatable bonds is 6. The second-order valence-electron chi connectivity index (χ2n) is 7.60. The lowest BCUT2D eigenvalue weighted by Crippen LogP contribution is -2.22. The smallest absolute Gasteiger partial charge is 0.271 e. The molecule has 0 aliphatic carbocycles. The number of hydrogen-bond donors (Lipinski definition) is 1. The van der Waals surface area contributed by atoms with E-state index in [1.165, 1.54) is 6.20 Å². The van der Waals surface area contributed by atoms with Crippen LogP contribution in [0.1, 0.15) is 17.4 Å². The van der Waals surface area contributed by atoms with E-state index in [9.17, 15) is 13.2 Å². The van der Waals surface area contributed by atoms with E-state index in [1.54, 1.807) is 41.8 Å². The summed E-state index contributed by atoms with van der Waals surface area (Å²) < 4.78 is 27.3. The highest BCUT2D eigenvalue weighted by Gasteiger charge is 2.24. The van der Waals surface area contributed by atoms with Crippen molar-refractivity contribution in [3.05, 3.63) is 88.7 Å². The number of carbonyl (C=O) groups excluding carboxylic acids is 1. The van der Waals surface area contributed by atoms with E-state index >= 15 is 0 Å². The molecule has 1 aromatic heterocycles. The summed E-state index contributed by atoms with van der Waals surface area (Å²) in [5.41, 5.74) is 2.46. The predicted octanol–water partition coefficient (Wildman–Crippen LogP) is 5.67. The molecule has 3 aromatic carbocycles. The first-order chi connectivity index (χ1) is 16.2. The number of imidazole rings is 1. The highest BCUT2D eigenvalue weighted by molar-refractivity contribution is 7.90. The van der Waals surface area contributed by atoms with E-state index in [0.29, 0.717) is 27.8 Å². The number of nitrogens with one attached hydrogen (secondary N) is 1. The summed E-state index contributed by atoms with van der Waals surface area (Å²) in [5.74, 6) is -0.137. The van der Waals surface area contributed by atoms with Gasteiger partial charge in [-0.05, 0) is 42.3 Å². The van der Waals surface area contributed by atoms with Crippen molar-refractivity contribution in [1.29, 1.82) is 0 Å². The molecular weight excluding hydrogens is 493 g/mol. The Morgan fingerprint density at radius 2 is 1.65 bits per heavy atom. The van der Waals surface area contributed by atoms with E-state index in [-0.39, 0.29) is 16.4 Å². The van der Waals surface area contributed by atoms with Crippen molar-refractivity contribution in [2.45, 2.75) is 11.8 Å². The average molecular weight is 514 g/mol. The molecule has 4 aromatic rings. The fraction of sp³-hybridized carbons (Fsp3) is 0.120. The highest BCUT2D eigenvalue weighted by atomic mass is 35.5. The van der Waals surface area contributed by atoms with Gasteiger partial charge >= 0.3 is 0 Å². The van der Waals surface area contributed by atoms with Crippen LogP contribution in [-0.4, -0.2) is 36.7 Å². The van der Waals surface area contributed by atoms with Crippen LogP contribution in [0.3, 0.4) is 0 Å². The summed E-state index contributed by atoms with van der Waals surface area (Å²) in [5, 5.41) is 3.36. The molecule has 0 saturated carbocycles. The molecule has 0 fully saturated rings. The van der Waals surface area contributed by atoms with Crippen LogP contribution >= 0.6 is 23.2 Å². The zero-order valence-electron chi connectivity index (χ0n) is 18.4. The third-order valence-corrected chi connectivity index (χ3v) is 6.94. The first-order valence-electron chi connectivity index (χ1n) is 10.4. The molecule has 34 heavy (non-hydrogen) atoms. The van der Waals surface area contributed by atoms with Crippen molar-refractivity contribution in [2.24, 2.45) is 0 Å². The standard InChI is InChI=1S/C25H21Cl2N3O3S/c1-3-28-25(31)20-15-30(24(29-20)23-18(26)10-7-11-19(23)27)21-13-12-17(14-22(21)34(2,32)33)16-8-5-4-6-9-16/h4-15H,3H2,1-2H3,(H,28,31). The van der Waals surface area contributed by atoms with Gasteiger partial charge in [0.1, 0.15) is 11.5 Å². The third-order valence-electron chi connectivity index (χ3n) is 5.19. The first-order valence-corrected chi connectivity index (χ1v) is 13.1. The van der Waals surface area contributed by atoms with Gasteiger partial charge in [0.2, 0.25) is 0 Å². The maximum atomic E-state index is 12.9. The Bertz CT molecular complexity index is 1460. The Labute approximate surface area is 208 Å². The van der Waals surface area contributed by atoms with E-state index in [0.717, 1.165) is 17.4 Å². The minimum Gasteiger partial charge on any atom is -0.351 e. The molecule has 6 nitrogen and oxygen atoms in total. The molecule has 0 spiro atoms. The number of halogens is 2. The van der Waals surface area contributed by atoms with Crippen LogP contribution in [0.2, 0.25) is 10.0 Å². The lowest BCUT2D eigenvalue weighted by molar-refractivity contribution is 0.0951. The molecular formula is C25H21Cl2N3O3S. The van der Waals surface area contributed by atoms with Crippen molar-refractivity contribution in [1.82, 2.24) is 14.9 Å². The number of sulfone groups is 1. The Kier molecular flexibility index (Phi) is 6.79. The minimum atomic E-state index is -3.67. The average Bonchev–Trinajstić information content (AvgIpc) is 3.24. The van der Waals surface area contributed by atoms with Gasteiger partial charge in [-0.3, -0.25) is 9.36 Å². The fourth-order valence-corrected chi connectivity index (χ4v) is 5.09. The van der Waals surface area contributed by atoms with Crippen LogP contribution in [-0.2, 0) is 9.84 Å². The van der Waals surface area contributed by atoms with E-state index in [4.69, 9.17) is 23.2 Å². The second kappa shape index (κ2) is 9.62. The van der Waals surface area contributed by atoms with Crippen LogP contribution < -0.4 is 5.32 Å². The van der Waals surface area contributed by atoms with Crippen molar-refractivity contribution in [2.75, 3.05) is 12.8 Å². The maximum absolute atomic E-state index is 12.9. The normalized spacial score (nSPS) is 11.4. The topological polar surface area (TPSA) is 81.1 Å². The number of benzene rings is 3. The van der Waals surface area contributed by atoms with E-state index in [1.807, 2.05) is 36.4 Å². The SMILES string of the molecule is CCNC(=O)c1cn(-c2ccc(-c3ccccc3)cc2S(C)(=O)=O)c(-c2c(Cl)cccc2Cl)n1. The van der Waals surface area contributed by atoms with Gasteiger partial charge in [0.15, 0.2) is 9.84 Å². The number of hydrogen-bond acceptors (Lipinski definition) is 4. The monoisotopic (exact) mass is 513 g/mol. The molecule has 0 aliphatic rings. The van der Waals surface area contributed by atoms with Gasteiger partial charge < -0.3 is 5.32 Å². The quantitative estimate of drug-likeness (QED) is 0.360. The summed E-state index contributed by atoms with van der Waals surface area (Å²) in [6.07, 6.45) is 2.64. The first kappa shape index (κ1) is 24.0. The van der Waals surface area contributed by atoms with Gasteiger partial charge in [0, 0.05) is 19.0 Å². The summed E-state index contributed by atoms with van der Waals surface area (Å²) >= 11 is 12.9. The lowest BCUT2D eigenvalue weighted by Gasteiger charge is -2.15. The van der Waals surface area contributed by atoms with Crippen molar-refractivity contribution in [3.8, 4) is 28.2 Å². The Morgan fingerprint density at radius 3 is 2.26 bits per heavy atom. The van der Waals surface area contributed by atoms with Crippen molar-refractivity contribution < 1.29 is 13.2 Å². The molecule has 0 atom stereocenters. The maximum Gasteiger partial charge on any atom is 0.271 e. The molecule has 0 unspecified atom stereocenters. The van der Waals surface area contributed by atoms with Crippen LogP contribution in [0.4, 0.5) is 0 Å². The molecule has 0 bridgehead atoms. The van der Waals surface area contributed by atoms with Gasteiger partial charge in [0.05, 0.1) is 26.2 Å². The zero-order valence-corrected chi connectivity index (χ0v) is 20.7. The predicted molar refractivity (Wildman–Crippen MR) is 136 cm³/mol. The van der Waals surface area contributed by atoms with E-state index in [2.05, 4.69) is 10.3 Å². The van der Waals surface area contributed by atoms with Gasteiger partial charge in [-0.2, -0.15) is 0 Å².